The van der Waals surface area contributed by atoms with Gasteiger partial charge in [0, 0.05) is 18.9 Å². The normalized spacial score (nSPS) is 32.2. The average Bonchev–Trinajstić information content (AvgIpc) is 2.64. The molecule has 5 nitrogen and oxygen atoms in total. The number of carbonyl (C=O) groups is 1. The lowest BCUT2D eigenvalue weighted by Gasteiger charge is -2.35. The van der Waals surface area contributed by atoms with E-state index in [2.05, 4.69) is 0 Å². The van der Waals surface area contributed by atoms with E-state index in [9.17, 15) is 15.0 Å². The van der Waals surface area contributed by atoms with E-state index < -0.39 is 18.3 Å². The van der Waals surface area contributed by atoms with Gasteiger partial charge >= 0.3 is 5.97 Å². The Labute approximate surface area is 153 Å². The fourth-order valence-electron chi connectivity index (χ4n) is 3.10. The van der Waals surface area contributed by atoms with Crippen molar-refractivity contribution < 1.29 is 24.5 Å². The molecule has 3 rings (SSSR count). The number of hydrogen-bond donors (Lipinski definition) is 2. The molecule has 0 aliphatic carbocycles. The van der Waals surface area contributed by atoms with E-state index in [0.29, 0.717) is 19.3 Å². The molecule has 2 aliphatic heterocycles. The molecule has 2 aliphatic rings. The molecule has 2 heterocycles. The summed E-state index contributed by atoms with van der Waals surface area (Å²) in [6.45, 7) is 0. The second-order valence-electron chi connectivity index (χ2n) is 6.56. The molecule has 1 fully saturated rings. The van der Waals surface area contributed by atoms with Crippen LogP contribution in [0.5, 0.6) is 0 Å². The molecule has 0 unspecified atom stereocenters. The summed E-state index contributed by atoms with van der Waals surface area (Å²) in [5, 5.41) is 20.3. The maximum Gasteiger partial charge on any atom is 0.331 e. The van der Waals surface area contributed by atoms with Crippen LogP contribution in [-0.2, 0) is 14.3 Å². The van der Waals surface area contributed by atoms with Gasteiger partial charge in [0.05, 0.1) is 12.2 Å². The first-order chi connectivity index (χ1) is 12.6. The number of esters is 1. The fraction of sp³-hybridized carbons (Fsp3) is 0.381. The first-order valence-corrected chi connectivity index (χ1v) is 8.90. The molecule has 0 radical (unpaired) electrons. The van der Waals surface area contributed by atoms with Crippen LogP contribution in [0.1, 0.15) is 24.8 Å². The highest BCUT2D eigenvalue weighted by molar-refractivity contribution is 5.82. The van der Waals surface area contributed by atoms with Crippen LogP contribution < -0.4 is 0 Å². The topological polar surface area (TPSA) is 76.0 Å². The summed E-state index contributed by atoms with van der Waals surface area (Å²) >= 11 is 0. The number of aliphatic hydroxyl groups excluding tert-OH is 2. The van der Waals surface area contributed by atoms with Gasteiger partial charge in [-0.2, -0.15) is 0 Å². The summed E-state index contributed by atoms with van der Waals surface area (Å²) in [6, 6.07) is 9.74. The molecule has 2 N–H and O–H groups in total. The van der Waals surface area contributed by atoms with Gasteiger partial charge in [-0.15, -0.1) is 0 Å². The van der Waals surface area contributed by atoms with Crippen molar-refractivity contribution in [3.8, 4) is 0 Å². The molecule has 1 aromatic rings. The third-order valence-electron chi connectivity index (χ3n) is 4.50. The maximum atomic E-state index is 11.2. The minimum absolute atomic E-state index is 0.204. The van der Waals surface area contributed by atoms with Gasteiger partial charge in [0.25, 0.3) is 0 Å². The van der Waals surface area contributed by atoms with Crippen molar-refractivity contribution in [2.24, 2.45) is 0 Å². The number of carbonyl (C=O) groups excluding carboxylic acids is 1. The zero-order chi connectivity index (χ0) is 18.4. The largest absolute Gasteiger partial charge is 0.455 e. The van der Waals surface area contributed by atoms with Crippen LogP contribution in [0.3, 0.4) is 0 Å². The van der Waals surface area contributed by atoms with Gasteiger partial charge in [0.2, 0.25) is 0 Å². The Balaban J connectivity index is 1.56. The van der Waals surface area contributed by atoms with E-state index in [-0.39, 0.29) is 18.2 Å². The van der Waals surface area contributed by atoms with Crippen LogP contribution in [0, 0.1) is 0 Å². The predicted molar refractivity (Wildman–Crippen MR) is 98.2 cm³/mol. The lowest BCUT2D eigenvalue weighted by molar-refractivity contribution is -0.149. The summed E-state index contributed by atoms with van der Waals surface area (Å²) in [6.07, 6.45) is 9.46. The van der Waals surface area contributed by atoms with Gasteiger partial charge in [-0.3, -0.25) is 0 Å². The van der Waals surface area contributed by atoms with E-state index in [1.54, 1.807) is 12.2 Å². The smallest absolute Gasteiger partial charge is 0.331 e. The molecule has 1 aromatic carbocycles. The van der Waals surface area contributed by atoms with Crippen molar-refractivity contribution >= 4 is 12.0 Å². The minimum Gasteiger partial charge on any atom is -0.455 e. The molecular weight excluding hydrogens is 332 g/mol. The Morgan fingerprint density at radius 2 is 1.96 bits per heavy atom. The molecule has 0 saturated carbocycles. The molecule has 0 bridgehead atoms. The molecule has 1 saturated heterocycles. The molecule has 138 valence electrons. The monoisotopic (exact) mass is 356 g/mol. The van der Waals surface area contributed by atoms with Crippen LogP contribution in [0.15, 0.2) is 60.7 Å². The molecule has 5 atom stereocenters. The highest BCUT2D eigenvalue weighted by Crippen LogP contribution is 2.24. The van der Waals surface area contributed by atoms with Gasteiger partial charge in [-0.25, -0.2) is 4.79 Å². The molecule has 0 spiro atoms. The van der Waals surface area contributed by atoms with Crippen molar-refractivity contribution in [2.45, 2.75) is 49.8 Å². The van der Waals surface area contributed by atoms with Crippen molar-refractivity contribution in [3.63, 3.8) is 0 Å². The van der Waals surface area contributed by atoms with Crippen LogP contribution in [0.2, 0.25) is 0 Å². The summed E-state index contributed by atoms with van der Waals surface area (Å²) in [5.74, 6) is -0.329. The SMILES string of the molecule is O=C1C=CC[C@H](/C=C/C[C@@H]2C[C@@H](O)[C@H](O)[C@@H](/C=C/c3ccccc3)O2)O1. The van der Waals surface area contributed by atoms with Crippen LogP contribution in [-0.4, -0.2) is 46.7 Å². The van der Waals surface area contributed by atoms with Gasteiger partial charge in [-0.1, -0.05) is 54.6 Å². The Kier molecular flexibility index (Phi) is 6.39. The highest BCUT2D eigenvalue weighted by Gasteiger charge is 2.34. The van der Waals surface area contributed by atoms with E-state index in [1.165, 1.54) is 6.08 Å². The van der Waals surface area contributed by atoms with Crippen LogP contribution in [0.25, 0.3) is 6.08 Å². The van der Waals surface area contributed by atoms with Crippen molar-refractivity contribution in [2.75, 3.05) is 0 Å². The highest BCUT2D eigenvalue weighted by atomic mass is 16.5. The average molecular weight is 356 g/mol. The zero-order valence-corrected chi connectivity index (χ0v) is 14.5. The van der Waals surface area contributed by atoms with Gasteiger partial charge in [0.1, 0.15) is 18.3 Å². The first kappa shape index (κ1) is 18.6. The second kappa shape index (κ2) is 8.94. The summed E-state index contributed by atoms with van der Waals surface area (Å²) in [7, 11) is 0. The van der Waals surface area contributed by atoms with Gasteiger partial charge in [0.15, 0.2) is 0 Å². The van der Waals surface area contributed by atoms with Crippen molar-refractivity contribution in [3.05, 3.63) is 66.3 Å². The maximum absolute atomic E-state index is 11.2. The van der Waals surface area contributed by atoms with Gasteiger partial charge in [-0.05, 0) is 18.1 Å². The quantitative estimate of drug-likeness (QED) is 0.626. The van der Waals surface area contributed by atoms with E-state index in [1.807, 2.05) is 48.6 Å². The third-order valence-corrected chi connectivity index (χ3v) is 4.50. The Morgan fingerprint density at radius 3 is 2.73 bits per heavy atom. The Hall–Kier alpha value is -2.21. The lowest BCUT2D eigenvalue weighted by atomic mass is 9.95. The Bertz CT molecular complexity index is 679. The van der Waals surface area contributed by atoms with Crippen LogP contribution in [0.4, 0.5) is 0 Å². The van der Waals surface area contributed by atoms with Gasteiger partial charge < -0.3 is 19.7 Å². The van der Waals surface area contributed by atoms with E-state index in [0.717, 1.165) is 5.56 Å². The number of benzene rings is 1. The number of hydrogen-bond acceptors (Lipinski definition) is 5. The Morgan fingerprint density at radius 1 is 1.15 bits per heavy atom. The predicted octanol–water partition coefficient (Wildman–Crippen LogP) is 2.40. The summed E-state index contributed by atoms with van der Waals surface area (Å²) in [4.78, 5) is 11.2. The molecular formula is C21H24O5. The standard InChI is InChI=1S/C21H24O5/c22-18-14-17(10-4-8-16-9-5-11-20(23)26-16)25-19(21(18)24)13-12-15-6-2-1-3-7-15/h1-8,11-13,16-19,21-22,24H,9-10,14H2/b8-4+,13-12+/t16-,17+,18+,19+,21-/m0/s1. The first-order valence-electron chi connectivity index (χ1n) is 8.90. The molecule has 0 aromatic heterocycles. The molecule has 26 heavy (non-hydrogen) atoms. The third kappa shape index (κ3) is 5.14. The lowest BCUT2D eigenvalue weighted by Crippen LogP contribution is -2.47. The number of cyclic esters (lactones) is 1. The minimum atomic E-state index is -0.945. The zero-order valence-electron chi connectivity index (χ0n) is 14.5. The van der Waals surface area contributed by atoms with Crippen LogP contribution >= 0.6 is 0 Å². The van der Waals surface area contributed by atoms with E-state index >= 15 is 0 Å². The van der Waals surface area contributed by atoms with Crippen molar-refractivity contribution in [1.29, 1.82) is 0 Å². The number of rotatable bonds is 5. The number of aliphatic hydroxyl groups is 2. The van der Waals surface area contributed by atoms with E-state index in [4.69, 9.17) is 9.47 Å². The summed E-state index contributed by atoms with van der Waals surface area (Å²) in [5.41, 5.74) is 1.01. The summed E-state index contributed by atoms with van der Waals surface area (Å²) < 4.78 is 11.1. The molecule has 0 amide bonds. The number of ether oxygens (including phenoxy) is 2. The molecule has 5 heteroatoms. The fourth-order valence-corrected chi connectivity index (χ4v) is 3.10. The van der Waals surface area contributed by atoms with Crippen molar-refractivity contribution in [1.82, 2.24) is 0 Å². The second-order valence-corrected chi connectivity index (χ2v) is 6.56.